The van der Waals surface area contributed by atoms with E-state index in [1.807, 2.05) is 0 Å². The van der Waals surface area contributed by atoms with Gasteiger partial charge in [0.1, 0.15) is 12.0 Å². The van der Waals surface area contributed by atoms with E-state index >= 15 is 0 Å². The van der Waals surface area contributed by atoms with Gasteiger partial charge in [-0.2, -0.15) is 0 Å². The minimum absolute atomic E-state index is 0.504. The van der Waals surface area contributed by atoms with Gasteiger partial charge in [-0.1, -0.05) is 0 Å². The molecule has 4 nitrogen and oxygen atoms in total. The Balaban J connectivity index is 3.28. The zero-order valence-corrected chi connectivity index (χ0v) is 7.63. The van der Waals surface area contributed by atoms with Crippen LogP contribution in [0.1, 0.15) is 10.4 Å². The molecule has 1 rings (SSSR count). The standard InChI is InChI=1S/C9H12N2O2/c1-11-9-7(10)3-6(5-12)4-8(9)13-2/h3-5,11H,10H2,1-2H3. The second-order valence-electron chi connectivity index (χ2n) is 2.56. The number of aldehydes is 1. The normalized spacial score (nSPS) is 9.38. The van der Waals surface area contributed by atoms with Crippen molar-refractivity contribution in [3.63, 3.8) is 0 Å². The number of carbonyl (C=O) groups is 1. The van der Waals surface area contributed by atoms with Crippen LogP contribution >= 0.6 is 0 Å². The molecule has 0 saturated heterocycles. The highest BCUT2D eigenvalue weighted by molar-refractivity contribution is 5.84. The number of nitrogens with two attached hydrogens (primary N) is 1. The van der Waals surface area contributed by atoms with Gasteiger partial charge < -0.3 is 15.8 Å². The third-order valence-corrected chi connectivity index (χ3v) is 1.76. The lowest BCUT2D eigenvalue weighted by Gasteiger charge is -2.11. The molecular weight excluding hydrogens is 168 g/mol. The second kappa shape index (κ2) is 3.80. The molecule has 0 aliphatic carbocycles. The van der Waals surface area contributed by atoms with Gasteiger partial charge in [0.15, 0.2) is 0 Å². The molecule has 13 heavy (non-hydrogen) atoms. The first-order valence-corrected chi connectivity index (χ1v) is 3.83. The maximum Gasteiger partial charge on any atom is 0.150 e. The largest absolute Gasteiger partial charge is 0.494 e. The van der Waals surface area contributed by atoms with Crippen LogP contribution in [-0.2, 0) is 0 Å². The molecule has 70 valence electrons. The molecule has 4 heteroatoms. The summed E-state index contributed by atoms with van der Waals surface area (Å²) in [6, 6.07) is 3.23. The van der Waals surface area contributed by atoms with Gasteiger partial charge in [-0.05, 0) is 12.1 Å². The lowest BCUT2D eigenvalue weighted by atomic mass is 10.1. The van der Waals surface area contributed by atoms with Crippen molar-refractivity contribution in [1.29, 1.82) is 0 Å². The first-order chi connectivity index (χ1) is 6.22. The van der Waals surface area contributed by atoms with Gasteiger partial charge in [0.2, 0.25) is 0 Å². The molecule has 0 unspecified atom stereocenters. The summed E-state index contributed by atoms with van der Waals surface area (Å²) < 4.78 is 5.06. The molecule has 0 spiro atoms. The third kappa shape index (κ3) is 1.72. The van der Waals surface area contributed by atoms with E-state index in [4.69, 9.17) is 10.5 Å². The van der Waals surface area contributed by atoms with Crippen molar-refractivity contribution >= 4 is 17.7 Å². The minimum Gasteiger partial charge on any atom is -0.494 e. The van der Waals surface area contributed by atoms with Crippen LogP contribution in [0.15, 0.2) is 12.1 Å². The van der Waals surface area contributed by atoms with E-state index in [0.29, 0.717) is 22.7 Å². The van der Waals surface area contributed by atoms with Crippen molar-refractivity contribution in [1.82, 2.24) is 0 Å². The smallest absolute Gasteiger partial charge is 0.150 e. The lowest BCUT2D eigenvalue weighted by molar-refractivity contribution is 0.112. The van der Waals surface area contributed by atoms with Crippen molar-refractivity contribution in [2.75, 3.05) is 25.2 Å². The Morgan fingerprint density at radius 1 is 1.54 bits per heavy atom. The fourth-order valence-corrected chi connectivity index (χ4v) is 1.16. The highest BCUT2D eigenvalue weighted by Crippen LogP contribution is 2.31. The van der Waals surface area contributed by atoms with Crippen molar-refractivity contribution in [3.8, 4) is 5.75 Å². The van der Waals surface area contributed by atoms with Gasteiger partial charge in [0.25, 0.3) is 0 Å². The number of ether oxygens (including phenoxy) is 1. The molecule has 0 aromatic heterocycles. The number of rotatable bonds is 3. The van der Waals surface area contributed by atoms with E-state index in [2.05, 4.69) is 5.32 Å². The topological polar surface area (TPSA) is 64.3 Å². The fourth-order valence-electron chi connectivity index (χ4n) is 1.16. The molecule has 0 radical (unpaired) electrons. The van der Waals surface area contributed by atoms with Crippen LogP contribution in [-0.4, -0.2) is 20.4 Å². The van der Waals surface area contributed by atoms with Gasteiger partial charge in [0.05, 0.1) is 18.5 Å². The molecule has 0 fully saturated rings. The highest BCUT2D eigenvalue weighted by Gasteiger charge is 2.06. The molecule has 1 aromatic carbocycles. The Bertz CT molecular complexity index is 324. The molecular formula is C9H12N2O2. The molecule has 0 atom stereocenters. The van der Waals surface area contributed by atoms with Crippen LogP contribution in [0.3, 0.4) is 0 Å². The maximum absolute atomic E-state index is 10.5. The highest BCUT2D eigenvalue weighted by atomic mass is 16.5. The molecule has 0 aliphatic rings. The Morgan fingerprint density at radius 3 is 2.69 bits per heavy atom. The van der Waals surface area contributed by atoms with E-state index in [-0.39, 0.29) is 0 Å². The number of hydrogen-bond acceptors (Lipinski definition) is 4. The predicted octanol–water partition coefficient (Wildman–Crippen LogP) is 1.13. The van der Waals surface area contributed by atoms with Crippen LogP contribution in [0.2, 0.25) is 0 Å². The summed E-state index contributed by atoms with van der Waals surface area (Å²) in [5, 5.41) is 2.90. The van der Waals surface area contributed by atoms with Crippen molar-refractivity contribution in [2.45, 2.75) is 0 Å². The Labute approximate surface area is 76.7 Å². The average molecular weight is 180 g/mol. The van der Waals surface area contributed by atoms with Crippen molar-refractivity contribution < 1.29 is 9.53 Å². The number of carbonyl (C=O) groups excluding carboxylic acids is 1. The third-order valence-electron chi connectivity index (χ3n) is 1.76. The predicted molar refractivity (Wildman–Crippen MR) is 52.3 cm³/mol. The summed E-state index contributed by atoms with van der Waals surface area (Å²) in [6.07, 6.45) is 0.734. The summed E-state index contributed by atoms with van der Waals surface area (Å²) in [4.78, 5) is 10.5. The molecule has 0 aliphatic heterocycles. The number of hydrogen-bond donors (Lipinski definition) is 2. The Morgan fingerprint density at radius 2 is 2.23 bits per heavy atom. The number of methoxy groups -OCH3 is 1. The molecule has 3 N–H and O–H groups in total. The van der Waals surface area contributed by atoms with E-state index < -0.39 is 0 Å². The molecule has 0 heterocycles. The summed E-state index contributed by atoms with van der Waals surface area (Å²) >= 11 is 0. The molecule has 0 amide bonds. The molecule has 1 aromatic rings. The number of nitrogen functional groups attached to an aromatic ring is 1. The summed E-state index contributed by atoms with van der Waals surface area (Å²) in [5.41, 5.74) is 7.40. The van der Waals surface area contributed by atoms with Crippen LogP contribution < -0.4 is 15.8 Å². The van der Waals surface area contributed by atoms with Crippen LogP contribution in [0.25, 0.3) is 0 Å². The second-order valence-corrected chi connectivity index (χ2v) is 2.56. The van der Waals surface area contributed by atoms with Crippen LogP contribution in [0, 0.1) is 0 Å². The van der Waals surface area contributed by atoms with E-state index in [9.17, 15) is 4.79 Å². The minimum atomic E-state index is 0.504. The first kappa shape index (κ1) is 9.38. The van der Waals surface area contributed by atoms with Crippen LogP contribution in [0.5, 0.6) is 5.75 Å². The monoisotopic (exact) mass is 180 g/mol. The maximum atomic E-state index is 10.5. The van der Waals surface area contributed by atoms with Gasteiger partial charge >= 0.3 is 0 Å². The summed E-state index contributed by atoms with van der Waals surface area (Å²) in [7, 11) is 3.28. The van der Waals surface area contributed by atoms with Gasteiger partial charge in [0, 0.05) is 12.6 Å². The zero-order chi connectivity index (χ0) is 9.84. The zero-order valence-electron chi connectivity index (χ0n) is 7.63. The molecule has 0 saturated carbocycles. The van der Waals surface area contributed by atoms with Gasteiger partial charge in [-0.15, -0.1) is 0 Å². The lowest BCUT2D eigenvalue weighted by Crippen LogP contribution is -2.00. The van der Waals surface area contributed by atoms with Gasteiger partial charge in [-0.3, -0.25) is 4.79 Å². The molecule has 0 bridgehead atoms. The summed E-state index contributed by atoms with van der Waals surface area (Å²) in [6.45, 7) is 0. The van der Waals surface area contributed by atoms with E-state index in [0.717, 1.165) is 6.29 Å². The first-order valence-electron chi connectivity index (χ1n) is 3.83. The van der Waals surface area contributed by atoms with E-state index in [1.54, 1.807) is 19.2 Å². The number of anilines is 2. The van der Waals surface area contributed by atoms with Crippen LogP contribution in [0.4, 0.5) is 11.4 Å². The number of nitrogens with one attached hydrogen (secondary N) is 1. The van der Waals surface area contributed by atoms with Gasteiger partial charge in [-0.25, -0.2) is 0 Å². The van der Waals surface area contributed by atoms with Crippen molar-refractivity contribution in [3.05, 3.63) is 17.7 Å². The van der Waals surface area contributed by atoms with E-state index in [1.165, 1.54) is 7.11 Å². The Kier molecular flexibility index (Phi) is 2.74. The quantitative estimate of drug-likeness (QED) is 0.540. The Hall–Kier alpha value is -1.71. The summed E-state index contributed by atoms with van der Waals surface area (Å²) in [5.74, 6) is 0.574. The van der Waals surface area contributed by atoms with Crippen molar-refractivity contribution in [2.24, 2.45) is 0 Å². The SMILES string of the molecule is CNc1c(N)cc(C=O)cc1OC. The average Bonchev–Trinajstić information content (AvgIpc) is 2.16. The number of benzene rings is 1. The fraction of sp³-hybridized carbons (Fsp3) is 0.222.